The molecule has 0 aliphatic rings. The fraction of sp³-hybridized carbons (Fsp3) is 0.333. The Morgan fingerprint density at radius 3 is 2.75 bits per heavy atom. The maximum Gasteiger partial charge on any atom is 0.339 e. The van der Waals surface area contributed by atoms with Gasteiger partial charge in [0.15, 0.2) is 0 Å². The van der Waals surface area contributed by atoms with E-state index in [9.17, 15) is 4.79 Å². The van der Waals surface area contributed by atoms with E-state index in [1.54, 1.807) is 19.9 Å². The van der Waals surface area contributed by atoms with E-state index in [4.69, 9.17) is 11.5 Å². The summed E-state index contributed by atoms with van der Waals surface area (Å²) in [5.41, 5.74) is 1.93. The second kappa shape index (κ2) is 4.67. The molecule has 2 N–H and O–H groups in total. The normalized spacial score (nSPS) is 11.6. The maximum atomic E-state index is 11.1. The Labute approximate surface area is 94.7 Å². The minimum Gasteiger partial charge on any atom is -0.478 e. The average Bonchev–Trinajstić information content (AvgIpc) is 2.15. The topological polar surface area (TPSA) is 62.2 Å². The lowest BCUT2D eigenvalue weighted by atomic mass is 10.1. The van der Waals surface area contributed by atoms with Gasteiger partial charge < -0.3 is 10.4 Å². The van der Waals surface area contributed by atoms with Gasteiger partial charge in [0.2, 0.25) is 0 Å². The molecule has 0 bridgehead atoms. The van der Waals surface area contributed by atoms with E-state index in [0.717, 1.165) is 5.69 Å². The van der Waals surface area contributed by atoms with Crippen LogP contribution in [0.3, 0.4) is 0 Å². The molecule has 1 unspecified atom stereocenters. The van der Waals surface area contributed by atoms with Crippen molar-refractivity contribution in [3.05, 3.63) is 23.0 Å². The van der Waals surface area contributed by atoms with Crippen LogP contribution in [0.2, 0.25) is 0 Å². The van der Waals surface area contributed by atoms with Crippen LogP contribution in [0, 0.1) is 26.2 Å². The quantitative estimate of drug-likeness (QED) is 0.760. The molecule has 0 fully saturated rings. The number of rotatable bonds is 3. The molecule has 0 aliphatic carbocycles. The first-order valence-corrected chi connectivity index (χ1v) is 4.90. The van der Waals surface area contributed by atoms with Crippen molar-refractivity contribution in [3.63, 3.8) is 0 Å². The van der Waals surface area contributed by atoms with Gasteiger partial charge in [-0.2, -0.15) is 0 Å². The molecule has 1 aromatic heterocycles. The Kier molecular flexibility index (Phi) is 3.51. The van der Waals surface area contributed by atoms with Crippen molar-refractivity contribution in [1.82, 2.24) is 4.98 Å². The van der Waals surface area contributed by atoms with E-state index >= 15 is 0 Å². The van der Waals surface area contributed by atoms with Gasteiger partial charge in [-0.05, 0) is 26.8 Å². The van der Waals surface area contributed by atoms with Crippen LogP contribution in [-0.4, -0.2) is 22.1 Å². The van der Waals surface area contributed by atoms with Crippen LogP contribution < -0.4 is 5.32 Å². The van der Waals surface area contributed by atoms with E-state index in [1.807, 2.05) is 6.92 Å². The molecule has 0 radical (unpaired) electrons. The number of aromatic nitrogens is 1. The third kappa shape index (κ3) is 2.51. The summed E-state index contributed by atoms with van der Waals surface area (Å²) in [7, 11) is 0. The number of carboxylic acid groups (broad SMARTS) is 1. The van der Waals surface area contributed by atoms with Gasteiger partial charge in [0.05, 0.1) is 17.4 Å². The Hall–Kier alpha value is -2.02. The summed E-state index contributed by atoms with van der Waals surface area (Å²) in [5, 5.41) is 12.1. The molecule has 1 aromatic rings. The van der Waals surface area contributed by atoms with Crippen LogP contribution in [0.5, 0.6) is 0 Å². The third-order valence-corrected chi connectivity index (χ3v) is 2.16. The molecule has 0 amide bonds. The molecule has 0 spiro atoms. The highest BCUT2D eigenvalue weighted by atomic mass is 16.4. The molecule has 4 nitrogen and oxygen atoms in total. The molecule has 1 atom stereocenters. The molecule has 16 heavy (non-hydrogen) atoms. The van der Waals surface area contributed by atoms with Gasteiger partial charge >= 0.3 is 5.97 Å². The largest absolute Gasteiger partial charge is 0.478 e. The average molecular weight is 218 g/mol. The Morgan fingerprint density at radius 2 is 2.25 bits per heavy atom. The third-order valence-electron chi connectivity index (χ3n) is 2.16. The summed E-state index contributed by atoms with van der Waals surface area (Å²) in [6.45, 7) is 5.27. The van der Waals surface area contributed by atoms with E-state index < -0.39 is 5.97 Å². The summed E-state index contributed by atoms with van der Waals surface area (Å²) in [4.78, 5) is 15.2. The lowest BCUT2D eigenvalue weighted by Crippen LogP contribution is -2.17. The van der Waals surface area contributed by atoms with Gasteiger partial charge in [0, 0.05) is 5.69 Å². The SMILES string of the molecule is C#CC(C)Nc1cc(C)nc(C)c1C(=O)O. The standard InChI is InChI=1S/C12H14N2O2/c1-5-7(2)14-10-6-8(3)13-9(4)11(10)12(15)16/h1,6-7H,2-4H3,(H,13,14)(H,15,16). The number of nitrogens with zero attached hydrogens (tertiary/aromatic N) is 1. The van der Waals surface area contributed by atoms with E-state index in [-0.39, 0.29) is 11.6 Å². The number of terminal acetylenes is 1. The monoisotopic (exact) mass is 218 g/mol. The summed E-state index contributed by atoms with van der Waals surface area (Å²) in [5.74, 6) is 1.49. The lowest BCUT2D eigenvalue weighted by molar-refractivity contribution is 0.0696. The van der Waals surface area contributed by atoms with Gasteiger partial charge in [-0.3, -0.25) is 4.98 Å². The number of aromatic carboxylic acids is 1. The number of carbonyl (C=O) groups is 1. The zero-order chi connectivity index (χ0) is 12.3. The molecule has 1 heterocycles. The predicted octanol–water partition coefficient (Wildman–Crippen LogP) is 1.83. The second-order valence-electron chi connectivity index (χ2n) is 3.61. The van der Waals surface area contributed by atoms with Crippen LogP contribution in [0.4, 0.5) is 5.69 Å². The molecule has 0 aliphatic heterocycles. The first-order chi connectivity index (χ1) is 7.45. The van der Waals surface area contributed by atoms with Crippen molar-refractivity contribution in [2.24, 2.45) is 0 Å². The van der Waals surface area contributed by atoms with Crippen molar-refractivity contribution in [2.45, 2.75) is 26.8 Å². The van der Waals surface area contributed by atoms with Gasteiger partial charge in [-0.25, -0.2) is 4.79 Å². The van der Waals surface area contributed by atoms with Crippen molar-refractivity contribution in [1.29, 1.82) is 0 Å². The van der Waals surface area contributed by atoms with Gasteiger partial charge in [0.1, 0.15) is 5.56 Å². The first-order valence-electron chi connectivity index (χ1n) is 4.90. The summed E-state index contributed by atoms with van der Waals surface area (Å²) >= 11 is 0. The fourth-order valence-corrected chi connectivity index (χ4v) is 1.49. The molecular formula is C12H14N2O2. The molecule has 84 valence electrons. The molecule has 1 rings (SSSR count). The maximum absolute atomic E-state index is 11.1. The molecule has 0 saturated carbocycles. The lowest BCUT2D eigenvalue weighted by Gasteiger charge is -2.14. The number of hydrogen-bond acceptors (Lipinski definition) is 3. The van der Waals surface area contributed by atoms with E-state index in [1.165, 1.54) is 0 Å². The molecular weight excluding hydrogens is 204 g/mol. The Balaban J connectivity index is 3.25. The van der Waals surface area contributed by atoms with Crippen molar-refractivity contribution < 1.29 is 9.90 Å². The van der Waals surface area contributed by atoms with Crippen LogP contribution in [0.15, 0.2) is 6.07 Å². The highest BCUT2D eigenvalue weighted by Gasteiger charge is 2.16. The highest BCUT2D eigenvalue weighted by Crippen LogP contribution is 2.20. The van der Waals surface area contributed by atoms with Crippen molar-refractivity contribution in [2.75, 3.05) is 5.32 Å². The predicted molar refractivity (Wildman–Crippen MR) is 62.6 cm³/mol. The first kappa shape index (κ1) is 12.1. The highest BCUT2D eigenvalue weighted by molar-refractivity contribution is 5.95. The summed E-state index contributed by atoms with van der Waals surface area (Å²) in [6, 6.07) is 1.46. The number of anilines is 1. The van der Waals surface area contributed by atoms with Crippen LogP contribution in [0.25, 0.3) is 0 Å². The Morgan fingerprint density at radius 1 is 1.62 bits per heavy atom. The molecule has 0 aromatic carbocycles. The smallest absolute Gasteiger partial charge is 0.339 e. The number of carboxylic acids is 1. The van der Waals surface area contributed by atoms with E-state index in [0.29, 0.717) is 11.4 Å². The van der Waals surface area contributed by atoms with Crippen molar-refractivity contribution >= 4 is 11.7 Å². The second-order valence-corrected chi connectivity index (χ2v) is 3.61. The van der Waals surface area contributed by atoms with Crippen molar-refractivity contribution in [3.8, 4) is 12.3 Å². The van der Waals surface area contributed by atoms with Gasteiger partial charge in [0.25, 0.3) is 0 Å². The van der Waals surface area contributed by atoms with Gasteiger partial charge in [-0.1, -0.05) is 5.92 Å². The van der Waals surface area contributed by atoms with Gasteiger partial charge in [-0.15, -0.1) is 6.42 Å². The number of pyridine rings is 1. The minimum absolute atomic E-state index is 0.174. The van der Waals surface area contributed by atoms with E-state index in [2.05, 4.69) is 16.2 Å². The number of nitrogens with one attached hydrogen (secondary N) is 1. The zero-order valence-electron chi connectivity index (χ0n) is 9.53. The molecule has 0 saturated heterocycles. The fourth-order valence-electron chi connectivity index (χ4n) is 1.49. The minimum atomic E-state index is -1.00. The van der Waals surface area contributed by atoms with Crippen LogP contribution in [-0.2, 0) is 0 Å². The summed E-state index contributed by atoms with van der Waals surface area (Å²) in [6.07, 6.45) is 5.25. The van der Waals surface area contributed by atoms with Crippen LogP contribution >= 0.6 is 0 Å². The summed E-state index contributed by atoms with van der Waals surface area (Å²) < 4.78 is 0. The Bertz CT molecular complexity index is 461. The zero-order valence-corrected chi connectivity index (χ0v) is 9.53. The molecule has 4 heteroatoms. The number of aryl methyl sites for hydroxylation is 2. The number of hydrogen-bond donors (Lipinski definition) is 2. The van der Waals surface area contributed by atoms with Crippen LogP contribution in [0.1, 0.15) is 28.7 Å².